The van der Waals surface area contributed by atoms with Gasteiger partial charge in [-0.1, -0.05) is 15.9 Å². The predicted molar refractivity (Wildman–Crippen MR) is 63.9 cm³/mol. The lowest BCUT2D eigenvalue weighted by molar-refractivity contribution is 0.145. The summed E-state index contributed by atoms with van der Waals surface area (Å²) in [5.41, 5.74) is 0.783. The summed E-state index contributed by atoms with van der Waals surface area (Å²) in [6.45, 7) is 0. The fourth-order valence-corrected chi connectivity index (χ4v) is 3.01. The molecule has 0 bridgehead atoms. The van der Waals surface area contributed by atoms with Gasteiger partial charge < -0.3 is 0 Å². The van der Waals surface area contributed by atoms with Crippen molar-refractivity contribution in [2.75, 3.05) is 0 Å². The molecule has 0 saturated heterocycles. The van der Waals surface area contributed by atoms with E-state index in [2.05, 4.69) is 20.9 Å². The van der Waals surface area contributed by atoms with E-state index in [1.165, 1.54) is 6.20 Å². The van der Waals surface area contributed by atoms with E-state index < -0.39 is 6.43 Å². The van der Waals surface area contributed by atoms with Crippen LogP contribution >= 0.6 is 38.5 Å². The number of hydrogen-bond acceptors (Lipinski definition) is 2. The summed E-state index contributed by atoms with van der Waals surface area (Å²) in [7, 11) is 0. The second-order valence-corrected chi connectivity index (χ2v) is 4.44. The molecule has 0 spiro atoms. The largest absolute Gasteiger partial charge is 0.280 e. The first-order chi connectivity index (χ1) is 7.11. The van der Waals surface area contributed by atoms with Gasteiger partial charge in [-0.2, -0.15) is 5.26 Å². The molecule has 0 aliphatic rings. The van der Waals surface area contributed by atoms with Crippen LogP contribution < -0.4 is 0 Å². The Hall–Kier alpha value is -0.290. The lowest BCUT2D eigenvalue weighted by Crippen LogP contribution is -2.04. The van der Waals surface area contributed by atoms with E-state index in [1.807, 2.05) is 28.7 Å². The van der Waals surface area contributed by atoms with E-state index in [4.69, 9.17) is 5.26 Å². The van der Waals surface area contributed by atoms with Crippen molar-refractivity contribution in [3.63, 3.8) is 0 Å². The molecule has 2 nitrogen and oxygen atoms in total. The van der Waals surface area contributed by atoms with Crippen molar-refractivity contribution in [3.05, 3.63) is 26.6 Å². The molecule has 0 aliphatic heterocycles. The Morgan fingerprint density at radius 2 is 2.20 bits per heavy atom. The first kappa shape index (κ1) is 12.8. The molecule has 0 radical (unpaired) electrons. The van der Waals surface area contributed by atoms with Gasteiger partial charge in [0.15, 0.2) is 0 Å². The Labute approximate surface area is 108 Å². The zero-order valence-electron chi connectivity index (χ0n) is 7.48. The quantitative estimate of drug-likeness (QED) is 0.588. The summed E-state index contributed by atoms with van der Waals surface area (Å²) >= 11 is 5.24. The summed E-state index contributed by atoms with van der Waals surface area (Å²) in [6.07, 6.45) is -1.27. The van der Waals surface area contributed by atoms with Crippen molar-refractivity contribution in [2.24, 2.45) is 0 Å². The van der Waals surface area contributed by atoms with E-state index >= 15 is 0 Å². The van der Waals surface area contributed by atoms with Crippen molar-refractivity contribution in [1.29, 1.82) is 5.26 Å². The maximum absolute atomic E-state index is 12.6. The second-order valence-electron chi connectivity index (χ2n) is 2.72. The van der Waals surface area contributed by atoms with Crippen molar-refractivity contribution in [1.82, 2.24) is 4.98 Å². The number of rotatable bonds is 3. The molecule has 0 unspecified atom stereocenters. The van der Waals surface area contributed by atoms with Gasteiger partial charge in [-0.15, -0.1) is 0 Å². The van der Waals surface area contributed by atoms with Gasteiger partial charge in [-0.05, 0) is 33.7 Å². The van der Waals surface area contributed by atoms with Crippen molar-refractivity contribution >= 4 is 38.5 Å². The number of halogens is 4. The molecule has 15 heavy (non-hydrogen) atoms. The summed E-state index contributed by atoms with van der Waals surface area (Å²) in [6, 6.07) is 1.88. The molecule has 0 N–H and O–H groups in total. The van der Waals surface area contributed by atoms with Gasteiger partial charge >= 0.3 is 0 Å². The highest BCUT2D eigenvalue weighted by molar-refractivity contribution is 14.1. The maximum atomic E-state index is 12.6. The second kappa shape index (κ2) is 5.70. The van der Waals surface area contributed by atoms with Gasteiger partial charge in [-0.3, -0.25) is 4.98 Å². The van der Waals surface area contributed by atoms with Crippen LogP contribution in [0.5, 0.6) is 0 Å². The molecule has 0 fully saturated rings. The van der Waals surface area contributed by atoms with Crippen LogP contribution in [-0.2, 0) is 11.8 Å². The molecular weight excluding hydrogens is 381 g/mol. The van der Waals surface area contributed by atoms with Crippen molar-refractivity contribution < 1.29 is 8.78 Å². The molecule has 0 atom stereocenters. The summed E-state index contributed by atoms with van der Waals surface area (Å²) in [5.74, 6) is 0. The van der Waals surface area contributed by atoms with Gasteiger partial charge in [0, 0.05) is 15.1 Å². The van der Waals surface area contributed by atoms with Crippen LogP contribution in [0.25, 0.3) is 0 Å². The third-order valence-corrected chi connectivity index (χ3v) is 3.37. The smallest absolute Gasteiger partial charge is 0.254 e. The Balaban J connectivity index is 3.36. The minimum absolute atomic E-state index is 0.0373. The van der Waals surface area contributed by atoms with E-state index in [1.54, 1.807) is 0 Å². The monoisotopic (exact) mass is 386 g/mol. The Bertz CT molecular complexity index is 404. The average Bonchev–Trinajstić information content (AvgIpc) is 2.18. The molecule has 1 rings (SSSR count). The fraction of sp³-hybridized carbons (Fsp3) is 0.333. The molecule has 0 aromatic carbocycles. The molecular formula is C9H6BrF2IN2. The summed E-state index contributed by atoms with van der Waals surface area (Å²) in [5, 5.41) is 9.05. The zero-order chi connectivity index (χ0) is 11.4. The van der Waals surface area contributed by atoms with E-state index in [-0.39, 0.29) is 12.1 Å². The maximum Gasteiger partial charge on any atom is 0.280 e. The van der Waals surface area contributed by atoms with Crippen LogP contribution in [0, 0.1) is 14.9 Å². The zero-order valence-corrected chi connectivity index (χ0v) is 11.2. The Morgan fingerprint density at radius 3 is 2.67 bits per heavy atom. The highest BCUT2D eigenvalue weighted by atomic mass is 127. The normalized spacial score (nSPS) is 10.4. The number of nitriles is 1. The molecule has 0 amide bonds. The number of aromatic nitrogens is 1. The Morgan fingerprint density at radius 1 is 1.53 bits per heavy atom. The molecule has 0 aliphatic carbocycles. The van der Waals surface area contributed by atoms with Gasteiger partial charge in [-0.25, -0.2) is 8.78 Å². The lowest BCUT2D eigenvalue weighted by Gasteiger charge is -2.11. The summed E-state index contributed by atoms with van der Waals surface area (Å²) in [4.78, 5) is 3.68. The molecule has 1 aromatic rings. The third kappa shape index (κ3) is 2.84. The highest BCUT2D eigenvalue weighted by Crippen LogP contribution is 2.28. The van der Waals surface area contributed by atoms with Crippen LogP contribution in [0.4, 0.5) is 8.78 Å². The number of hydrogen-bond donors (Lipinski definition) is 0. The highest BCUT2D eigenvalue weighted by Gasteiger charge is 2.19. The van der Waals surface area contributed by atoms with Gasteiger partial charge in [0.1, 0.15) is 5.69 Å². The van der Waals surface area contributed by atoms with Gasteiger partial charge in [0.25, 0.3) is 6.43 Å². The van der Waals surface area contributed by atoms with Crippen LogP contribution in [0.3, 0.4) is 0 Å². The predicted octanol–water partition coefficient (Wildman–Crippen LogP) is 3.58. The standard InChI is InChI=1S/C9H6BrF2IN2/c10-3-6-5(1-2-14)8(9(11)12)15-4-7(6)13/h4,9H,1,3H2. The first-order valence-corrected chi connectivity index (χ1v) is 6.19. The van der Waals surface area contributed by atoms with Crippen LogP contribution in [0.15, 0.2) is 6.20 Å². The van der Waals surface area contributed by atoms with Gasteiger partial charge in [0.05, 0.1) is 12.5 Å². The minimum Gasteiger partial charge on any atom is -0.254 e. The van der Waals surface area contributed by atoms with Crippen molar-refractivity contribution in [2.45, 2.75) is 18.2 Å². The summed E-state index contributed by atoms with van der Waals surface area (Å²) < 4.78 is 26.0. The van der Waals surface area contributed by atoms with Crippen LogP contribution in [-0.4, -0.2) is 4.98 Å². The average molecular weight is 387 g/mol. The Kier molecular flexibility index (Phi) is 4.86. The topological polar surface area (TPSA) is 36.7 Å². The molecule has 1 heterocycles. The van der Waals surface area contributed by atoms with Crippen LogP contribution in [0.2, 0.25) is 0 Å². The first-order valence-electron chi connectivity index (χ1n) is 3.99. The van der Waals surface area contributed by atoms with Crippen molar-refractivity contribution in [3.8, 4) is 6.07 Å². The van der Waals surface area contributed by atoms with E-state index in [0.29, 0.717) is 10.9 Å². The molecule has 0 saturated carbocycles. The molecule has 1 aromatic heterocycles. The van der Waals surface area contributed by atoms with E-state index in [9.17, 15) is 8.78 Å². The van der Waals surface area contributed by atoms with Gasteiger partial charge in [0.2, 0.25) is 0 Å². The SMILES string of the molecule is N#CCc1c(C(F)F)ncc(I)c1CBr. The van der Waals surface area contributed by atoms with Crippen LogP contribution in [0.1, 0.15) is 23.2 Å². The lowest BCUT2D eigenvalue weighted by atomic mass is 10.1. The number of nitrogens with zero attached hydrogens (tertiary/aromatic N) is 2. The molecule has 6 heteroatoms. The number of pyridine rings is 1. The molecule has 80 valence electrons. The third-order valence-electron chi connectivity index (χ3n) is 1.87. The number of alkyl halides is 3. The minimum atomic E-state index is -2.64. The fourth-order valence-electron chi connectivity index (χ4n) is 1.19. The van der Waals surface area contributed by atoms with E-state index in [0.717, 1.165) is 9.13 Å².